The second-order valence-corrected chi connectivity index (χ2v) is 5.51. The minimum atomic E-state index is -0.491. The molecule has 5 nitrogen and oxygen atoms in total. The molecule has 1 fully saturated rings. The molecule has 0 aliphatic heterocycles. The number of nitrogens with zero attached hydrogens (tertiary/aromatic N) is 2. The molecule has 0 radical (unpaired) electrons. The molecule has 0 amide bonds. The zero-order chi connectivity index (χ0) is 15.7. The highest BCUT2D eigenvalue weighted by atomic mass is 19.1. The number of nitrogens with two attached hydrogens (primary N) is 1. The number of methoxy groups -OCH3 is 1. The first-order valence-electron chi connectivity index (χ1n) is 7.34. The summed E-state index contributed by atoms with van der Waals surface area (Å²) in [6.45, 7) is 0. The molecule has 2 N–H and O–H groups in total. The zero-order valence-corrected chi connectivity index (χ0v) is 12.4. The van der Waals surface area contributed by atoms with Crippen LogP contribution in [0.5, 0.6) is 0 Å². The van der Waals surface area contributed by atoms with Gasteiger partial charge in [0, 0.05) is 5.56 Å². The number of hydrogen-bond donors (Lipinski definition) is 1. The van der Waals surface area contributed by atoms with E-state index >= 15 is 0 Å². The van der Waals surface area contributed by atoms with Crippen LogP contribution in [0.1, 0.15) is 47.7 Å². The van der Waals surface area contributed by atoms with Crippen molar-refractivity contribution in [1.29, 1.82) is 0 Å². The molecule has 1 aromatic heterocycles. The maximum atomic E-state index is 13.1. The van der Waals surface area contributed by atoms with Gasteiger partial charge >= 0.3 is 5.97 Å². The van der Waals surface area contributed by atoms with Crippen molar-refractivity contribution >= 4 is 11.8 Å². The third-order valence-corrected chi connectivity index (χ3v) is 4.17. The number of nitrogen functional groups attached to an aromatic ring is 1. The number of hydrogen-bond acceptors (Lipinski definition) is 4. The van der Waals surface area contributed by atoms with Crippen LogP contribution in [0.15, 0.2) is 24.3 Å². The molecule has 1 heterocycles. The second kappa shape index (κ2) is 5.79. The molecule has 22 heavy (non-hydrogen) atoms. The molecule has 1 aliphatic rings. The SMILES string of the molecule is COC(=O)c1nn(-c2ccc(F)cc2)c(N)c1C1CCCC1. The molecule has 6 heteroatoms. The number of aromatic nitrogens is 2. The zero-order valence-electron chi connectivity index (χ0n) is 12.4. The van der Waals surface area contributed by atoms with Gasteiger partial charge in [-0.25, -0.2) is 13.9 Å². The quantitative estimate of drug-likeness (QED) is 0.885. The van der Waals surface area contributed by atoms with Crippen LogP contribution in [-0.4, -0.2) is 22.9 Å². The van der Waals surface area contributed by atoms with Gasteiger partial charge in [-0.2, -0.15) is 5.10 Å². The van der Waals surface area contributed by atoms with Crippen LogP contribution in [0, 0.1) is 5.82 Å². The van der Waals surface area contributed by atoms with Crippen molar-refractivity contribution < 1.29 is 13.9 Å². The number of rotatable bonds is 3. The minimum Gasteiger partial charge on any atom is -0.464 e. The van der Waals surface area contributed by atoms with E-state index in [0.29, 0.717) is 11.5 Å². The van der Waals surface area contributed by atoms with Gasteiger partial charge in [0.2, 0.25) is 0 Å². The molecule has 1 aliphatic carbocycles. The lowest BCUT2D eigenvalue weighted by Gasteiger charge is -2.10. The lowest BCUT2D eigenvalue weighted by Crippen LogP contribution is -2.08. The third kappa shape index (κ3) is 2.45. The minimum absolute atomic E-state index is 0.225. The molecule has 0 unspecified atom stereocenters. The fourth-order valence-corrected chi connectivity index (χ4v) is 3.09. The molecule has 0 saturated heterocycles. The van der Waals surface area contributed by atoms with Crippen LogP contribution in [0.4, 0.5) is 10.2 Å². The van der Waals surface area contributed by atoms with Gasteiger partial charge in [-0.15, -0.1) is 0 Å². The number of anilines is 1. The second-order valence-electron chi connectivity index (χ2n) is 5.51. The van der Waals surface area contributed by atoms with Crippen molar-refractivity contribution in [2.45, 2.75) is 31.6 Å². The van der Waals surface area contributed by atoms with E-state index in [9.17, 15) is 9.18 Å². The number of esters is 1. The van der Waals surface area contributed by atoms with Crippen molar-refractivity contribution in [1.82, 2.24) is 9.78 Å². The van der Waals surface area contributed by atoms with Crippen molar-refractivity contribution in [2.24, 2.45) is 0 Å². The first kappa shape index (κ1) is 14.6. The lowest BCUT2D eigenvalue weighted by molar-refractivity contribution is 0.0591. The van der Waals surface area contributed by atoms with Gasteiger partial charge in [-0.3, -0.25) is 0 Å². The first-order chi connectivity index (χ1) is 10.6. The number of ether oxygens (including phenoxy) is 1. The highest BCUT2D eigenvalue weighted by molar-refractivity contribution is 5.91. The molecule has 2 aromatic rings. The third-order valence-electron chi connectivity index (χ3n) is 4.17. The predicted molar refractivity (Wildman–Crippen MR) is 80.5 cm³/mol. The van der Waals surface area contributed by atoms with Crippen molar-refractivity contribution in [3.05, 3.63) is 41.3 Å². The fraction of sp³-hybridized carbons (Fsp3) is 0.375. The number of halogens is 1. The summed E-state index contributed by atoms with van der Waals surface area (Å²) < 4.78 is 19.4. The Morgan fingerprint density at radius 3 is 2.55 bits per heavy atom. The topological polar surface area (TPSA) is 70.1 Å². The lowest BCUT2D eigenvalue weighted by atomic mass is 9.97. The Morgan fingerprint density at radius 1 is 1.32 bits per heavy atom. The van der Waals surface area contributed by atoms with E-state index < -0.39 is 5.97 Å². The molecule has 116 valence electrons. The fourth-order valence-electron chi connectivity index (χ4n) is 3.09. The molecular formula is C16H18FN3O2. The summed E-state index contributed by atoms with van der Waals surface area (Å²) >= 11 is 0. The molecule has 1 aromatic carbocycles. The van der Waals surface area contributed by atoms with Crippen LogP contribution in [0.3, 0.4) is 0 Å². The summed E-state index contributed by atoms with van der Waals surface area (Å²) in [5, 5.41) is 4.32. The maximum Gasteiger partial charge on any atom is 0.358 e. The number of benzene rings is 1. The summed E-state index contributed by atoms with van der Waals surface area (Å²) in [4.78, 5) is 12.0. The van der Waals surface area contributed by atoms with Gasteiger partial charge in [0.25, 0.3) is 0 Å². The Morgan fingerprint density at radius 2 is 1.95 bits per heavy atom. The Bertz CT molecular complexity index is 688. The van der Waals surface area contributed by atoms with Crippen LogP contribution in [-0.2, 0) is 4.74 Å². The van der Waals surface area contributed by atoms with E-state index in [0.717, 1.165) is 31.2 Å². The van der Waals surface area contributed by atoms with Gasteiger partial charge in [0.05, 0.1) is 12.8 Å². The molecular weight excluding hydrogens is 285 g/mol. The van der Waals surface area contributed by atoms with E-state index in [-0.39, 0.29) is 17.4 Å². The summed E-state index contributed by atoms with van der Waals surface area (Å²) in [5.41, 5.74) is 7.88. The van der Waals surface area contributed by atoms with Crippen molar-refractivity contribution in [3.63, 3.8) is 0 Å². The standard InChI is InChI=1S/C16H18FN3O2/c1-22-16(21)14-13(10-4-2-3-5-10)15(18)20(19-14)12-8-6-11(17)7-9-12/h6-10H,2-5,18H2,1H3. The van der Waals surface area contributed by atoms with E-state index in [1.165, 1.54) is 23.9 Å². The van der Waals surface area contributed by atoms with Crippen LogP contribution >= 0.6 is 0 Å². The summed E-state index contributed by atoms with van der Waals surface area (Å²) in [6, 6.07) is 5.84. The Labute approximate surface area is 127 Å². The van der Waals surface area contributed by atoms with Gasteiger partial charge in [0.15, 0.2) is 5.69 Å². The maximum absolute atomic E-state index is 13.1. The van der Waals surface area contributed by atoms with Gasteiger partial charge in [0.1, 0.15) is 11.6 Å². The molecule has 3 rings (SSSR count). The normalized spacial score (nSPS) is 15.2. The predicted octanol–water partition coefficient (Wildman–Crippen LogP) is 3.04. The monoisotopic (exact) mass is 303 g/mol. The van der Waals surface area contributed by atoms with Crippen LogP contribution in [0.25, 0.3) is 5.69 Å². The van der Waals surface area contributed by atoms with Gasteiger partial charge < -0.3 is 10.5 Å². The average molecular weight is 303 g/mol. The van der Waals surface area contributed by atoms with Crippen LogP contribution < -0.4 is 5.73 Å². The highest BCUT2D eigenvalue weighted by Gasteiger charge is 2.30. The van der Waals surface area contributed by atoms with E-state index in [1.807, 2.05) is 0 Å². The van der Waals surface area contributed by atoms with Crippen LogP contribution in [0.2, 0.25) is 0 Å². The Balaban J connectivity index is 2.11. The summed E-state index contributed by atoms with van der Waals surface area (Å²) in [7, 11) is 1.33. The molecule has 0 bridgehead atoms. The summed E-state index contributed by atoms with van der Waals surface area (Å²) in [6.07, 6.45) is 4.21. The van der Waals surface area contributed by atoms with E-state index in [1.54, 1.807) is 12.1 Å². The molecule has 0 atom stereocenters. The molecule has 1 saturated carbocycles. The first-order valence-corrected chi connectivity index (χ1v) is 7.34. The smallest absolute Gasteiger partial charge is 0.358 e. The highest BCUT2D eigenvalue weighted by Crippen LogP contribution is 2.39. The Kier molecular flexibility index (Phi) is 3.83. The number of carbonyl (C=O) groups excluding carboxylic acids is 1. The van der Waals surface area contributed by atoms with Gasteiger partial charge in [-0.05, 0) is 43.0 Å². The largest absolute Gasteiger partial charge is 0.464 e. The van der Waals surface area contributed by atoms with Crippen molar-refractivity contribution in [3.8, 4) is 5.69 Å². The molecule has 0 spiro atoms. The Hall–Kier alpha value is -2.37. The van der Waals surface area contributed by atoms with E-state index in [4.69, 9.17) is 10.5 Å². The number of carbonyl (C=O) groups is 1. The van der Waals surface area contributed by atoms with E-state index in [2.05, 4.69) is 5.10 Å². The van der Waals surface area contributed by atoms with Crippen molar-refractivity contribution in [2.75, 3.05) is 12.8 Å². The average Bonchev–Trinajstić information content (AvgIpc) is 3.15. The summed E-state index contributed by atoms with van der Waals surface area (Å²) in [5.74, 6) is -0.171. The van der Waals surface area contributed by atoms with Gasteiger partial charge in [-0.1, -0.05) is 12.8 Å².